The Kier molecular flexibility index (Phi) is 6.01. The molecular weight excluding hydrogens is 375 g/mol. The number of alkyl halides is 3. The second kappa shape index (κ2) is 8.45. The number of piperidine rings is 1. The first kappa shape index (κ1) is 19.9. The SMILES string of the molecule is COc1nccnc1OC1CCCN(C(=O)Cc2ccc(C(F)(F)F)cc2)C1. The fourth-order valence-corrected chi connectivity index (χ4v) is 3.05. The average Bonchev–Trinajstić information content (AvgIpc) is 2.68. The van der Waals surface area contributed by atoms with Crippen LogP contribution in [0.15, 0.2) is 36.7 Å². The quantitative estimate of drug-likeness (QED) is 0.778. The molecule has 0 saturated carbocycles. The Hall–Kier alpha value is -2.84. The van der Waals surface area contributed by atoms with E-state index in [1.165, 1.54) is 31.6 Å². The molecule has 150 valence electrons. The third-order valence-corrected chi connectivity index (χ3v) is 4.47. The van der Waals surface area contributed by atoms with Crippen LogP contribution in [0.5, 0.6) is 11.8 Å². The molecule has 1 atom stereocenters. The van der Waals surface area contributed by atoms with Crippen molar-refractivity contribution in [2.24, 2.45) is 0 Å². The van der Waals surface area contributed by atoms with E-state index in [0.29, 0.717) is 18.7 Å². The van der Waals surface area contributed by atoms with Gasteiger partial charge in [-0.2, -0.15) is 13.2 Å². The Labute approximate surface area is 160 Å². The molecule has 9 heteroatoms. The summed E-state index contributed by atoms with van der Waals surface area (Å²) in [7, 11) is 1.47. The van der Waals surface area contributed by atoms with Crippen LogP contribution >= 0.6 is 0 Å². The second-order valence-electron chi connectivity index (χ2n) is 6.46. The van der Waals surface area contributed by atoms with Crippen LogP contribution in [0.1, 0.15) is 24.0 Å². The van der Waals surface area contributed by atoms with Gasteiger partial charge in [-0.15, -0.1) is 0 Å². The Morgan fingerprint density at radius 1 is 1.18 bits per heavy atom. The van der Waals surface area contributed by atoms with Gasteiger partial charge in [0.25, 0.3) is 11.8 Å². The third kappa shape index (κ3) is 4.90. The summed E-state index contributed by atoms with van der Waals surface area (Å²) in [6.45, 7) is 0.954. The van der Waals surface area contributed by atoms with Gasteiger partial charge in [-0.1, -0.05) is 12.1 Å². The summed E-state index contributed by atoms with van der Waals surface area (Å²) in [5, 5.41) is 0. The number of nitrogens with zero attached hydrogens (tertiary/aromatic N) is 3. The van der Waals surface area contributed by atoms with Crippen LogP contribution in [0.3, 0.4) is 0 Å². The highest BCUT2D eigenvalue weighted by molar-refractivity contribution is 5.79. The first-order chi connectivity index (χ1) is 13.4. The number of benzene rings is 1. The van der Waals surface area contributed by atoms with E-state index in [0.717, 1.165) is 25.0 Å². The molecule has 1 aromatic heterocycles. The Bertz CT molecular complexity index is 812. The highest BCUT2D eigenvalue weighted by atomic mass is 19.4. The molecule has 28 heavy (non-hydrogen) atoms. The summed E-state index contributed by atoms with van der Waals surface area (Å²) in [5.41, 5.74) is -0.190. The van der Waals surface area contributed by atoms with Gasteiger partial charge in [0.2, 0.25) is 5.91 Å². The fraction of sp³-hybridized carbons (Fsp3) is 0.421. The van der Waals surface area contributed by atoms with E-state index in [1.54, 1.807) is 4.90 Å². The number of aromatic nitrogens is 2. The number of ether oxygens (including phenoxy) is 2. The van der Waals surface area contributed by atoms with Gasteiger partial charge in [0.05, 0.1) is 25.6 Å². The zero-order chi connectivity index (χ0) is 20.1. The van der Waals surface area contributed by atoms with Gasteiger partial charge in [0.1, 0.15) is 6.10 Å². The highest BCUT2D eigenvalue weighted by Gasteiger charge is 2.30. The lowest BCUT2D eigenvalue weighted by Crippen LogP contribution is -2.45. The van der Waals surface area contributed by atoms with E-state index in [4.69, 9.17) is 9.47 Å². The van der Waals surface area contributed by atoms with Crippen molar-refractivity contribution in [2.75, 3.05) is 20.2 Å². The smallest absolute Gasteiger partial charge is 0.416 e. The van der Waals surface area contributed by atoms with E-state index >= 15 is 0 Å². The van der Waals surface area contributed by atoms with Gasteiger partial charge < -0.3 is 14.4 Å². The molecule has 6 nitrogen and oxygen atoms in total. The maximum absolute atomic E-state index is 12.6. The van der Waals surface area contributed by atoms with Crippen molar-refractivity contribution in [3.05, 3.63) is 47.8 Å². The summed E-state index contributed by atoms with van der Waals surface area (Å²) in [6, 6.07) is 4.66. The Morgan fingerprint density at radius 2 is 1.86 bits per heavy atom. The van der Waals surface area contributed by atoms with Gasteiger partial charge >= 0.3 is 6.18 Å². The van der Waals surface area contributed by atoms with Crippen molar-refractivity contribution >= 4 is 5.91 Å². The predicted octanol–water partition coefficient (Wildman–Crippen LogP) is 3.12. The number of carbonyl (C=O) groups excluding carboxylic acids is 1. The molecule has 1 aliphatic rings. The third-order valence-electron chi connectivity index (χ3n) is 4.47. The molecule has 0 N–H and O–H groups in total. The monoisotopic (exact) mass is 395 g/mol. The number of rotatable bonds is 5. The molecular formula is C19H20F3N3O3. The molecule has 2 heterocycles. The minimum atomic E-state index is -4.39. The number of halogens is 3. The lowest BCUT2D eigenvalue weighted by molar-refractivity contribution is -0.137. The van der Waals surface area contributed by atoms with Crippen molar-refractivity contribution in [1.82, 2.24) is 14.9 Å². The topological polar surface area (TPSA) is 64.6 Å². The summed E-state index contributed by atoms with van der Waals surface area (Å²) in [6.07, 6.45) is -0.104. The summed E-state index contributed by atoms with van der Waals surface area (Å²) in [4.78, 5) is 22.4. The minimum absolute atomic E-state index is 0.0410. The lowest BCUT2D eigenvalue weighted by Gasteiger charge is -2.32. The standard InChI is InChI=1S/C19H20F3N3O3/c1-27-17-18(24-9-8-23-17)28-15-3-2-10-25(12-15)16(26)11-13-4-6-14(7-5-13)19(20,21)22/h4-9,15H,2-3,10-12H2,1H3. The molecule has 0 spiro atoms. The van der Waals surface area contributed by atoms with Gasteiger partial charge in [0.15, 0.2) is 0 Å². The van der Waals surface area contributed by atoms with E-state index in [1.807, 2.05) is 0 Å². The zero-order valence-corrected chi connectivity index (χ0v) is 15.3. The maximum Gasteiger partial charge on any atom is 0.416 e. The van der Waals surface area contributed by atoms with Crippen molar-refractivity contribution in [1.29, 1.82) is 0 Å². The van der Waals surface area contributed by atoms with Gasteiger partial charge in [-0.3, -0.25) is 4.79 Å². The molecule has 1 aliphatic heterocycles. The van der Waals surface area contributed by atoms with Crippen LogP contribution in [0.25, 0.3) is 0 Å². The van der Waals surface area contributed by atoms with Crippen LogP contribution in [-0.4, -0.2) is 47.1 Å². The molecule has 1 saturated heterocycles. The summed E-state index contributed by atoms with van der Waals surface area (Å²) >= 11 is 0. The highest BCUT2D eigenvalue weighted by Crippen LogP contribution is 2.29. The van der Waals surface area contributed by atoms with Crippen LogP contribution < -0.4 is 9.47 Å². The molecule has 0 aliphatic carbocycles. The van der Waals surface area contributed by atoms with Gasteiger partial charge in [-0.05, 0) is 30.5 Å². The molecule has 1 amide bonds. The number of amides is 1. The first-order valence-corrected chi connectivity index (χ1v) is 8.82. The molecule has 1 aromatic carbocycles. The zero-order valence-electron chi connectivity index (χ0n) is 15.3. The molecule has 3 rings (SSSR count). The first-order valence-electron chi connectivity index (χ1n) is 8.82. The van der Waals surface area contributed by atoms with E-state index in [-0.39, 0.29) is 30.2 Å². The molecule has 2 aromatic rings. The molecule has 0 bridgehead atoms. The number of likely N-dealkylation sites (tertiary alicyclic amines) is 1. The van der Waals surface area contributed by atoms with Gasteiger partial charge in [-0.25, -0.2) is 9.97 Å². The van der Waals surface area contributed by atoms with Crippen molar-refractivity contribution in [2.45, 2.75) is 31.5 Å². The van der Waals surface area contributed by atoms with Crippen LogP contribution in [-0.2, 0) is 17.4 Å². The minimum Gasteiger partial charge on any atom is -0.477 e. The van der Waals surface area contributed by atoms with Crippen LogP contribution in [0.2, 0.25) is 0 Å². The predicted molar refractivity (Wildman–Crippen MR) is 94.0 cm³/mol. The van der Waals surface area contributed by atoms with Gasteiger partial charge in [0, 0.05) is 18.9 Å². The Morgan fingerprint density at radius 3 is 2.50 bits per heavy atom. The van der Waals surface area contributed by atoms with Crippen molar-refractivity contribution < 1.29 is 27.4 Å². The fourth-order valence-electron chi connectivity index (χ4n) is 3.05. The van der Waals surface area contributed by atoms with Crippen molar-refractivity contribution in [3.63, 3.8) is 0 Å². The van der Waals surface area contributed by atoms with Crippen molar-refractivity contribution in [3.8, 4) is 11.8 Å². The maximum atomic E-state index is 12.6. The van der Waals surface area contributed by atoms with E-state index < -0.39 is 11.7 Å². The molecule has 1 fully saturated rings. The van der Waals surface area contributed by atoms with E-state index in [9.17, 15) is 18.0 Å². The normalized spacial score (nSPS) is 17.3. The number of hydrogen-bond acceptors (Lipinski definition) is 5. The molecule has 0 radical (unpaired) electrons. The molecule has 1 unspecified atom stereocenters. The Balaban J connectivity index is 1.60. The summed E-state index contributed by atoms with van der Waals surface area (Å²) in [5.74, 6) is 0.391. The van der Waals surface area contributed by atoms with Crippen LogP contribution in [0.4, 0.5) is 13.2 Å². The largest absolute Gasteiger partial charge is 0.477 e. The number of hydrogen-bond donors (Lipinski definition) is 0. The lowest BCUT2D eigenvalue weighted by atomic mass is 10.1. The average molecular weight is 395 g/mol. The summed E-state index contributed by atoms with van der Waals surface area (Å²) < 4.78 is 48.9. The number of methoxy groups -OCH3 is 1. The second-order valence-corrected chi connectivity index (χ2v) is 6.46. The van der Waals surface area contributed by atoms with E-state index in [2.05, 4.69) is 9.97 Å². The number of carbonyl (C=O) groups is 1. The van der Waals surface area contributed by atoms with Crippen LogP contribution in [0, 0.1) is 0 Å².